The molecule has 0 spiro atoms. The number of hydrogen-bond acceptors (Lipinski definition) is 0. The molecule has 0 heteroatoms. The van der Waals surface area contributed by atoms with Gasteiger partial charge in [-0.2, -0.15) is 0 Å². The fraction of sp³-hybridized carbons (Fsp3) is 0.857. The Hall–Kier alpha value is -0.260. The summed E-state index contributed by atoms with van der Waals surface area (Å²) in [4.78, 5) is 0. The predicted molar refractivity (Wildman–Crippen MR) is 66.5 cm³/mol. The molecule has 0 aromatic heterocycles. The van der Waals surface area contributed by atoms with Crippen LogP contribution in [0.3, 0.4) is 0 Å². The van der Waals surface area contributed by atoms with E-state index in [1.54, 1.807) is 5.57 Å². The van der Waals surface area contributed by atoms with Crippen LogP contribution in [0.1, 0.15) is 67.7 Å². The zero-order valence-corrected chi connectivity index (χ0v) is 11.2. The summed E-state index contributed by atoms with van der Waals surface area (Å²) in [7, 11) is 0. The lowest BCUT2D eigenvalue weighted by Crippen LogP contribution is -2.21. The molecule has 0 rings (SSSR count). The fourth-order valence-electron chi connectivity index (χ4n) is 2.54. The fourth-order valence-corrected chi connectivity index (χ4v) is 2.54. The van der Waals surface area contributed by atoms with Gasteiger partial charge in [-0.25, -0.2) is 0 Å². The Kier molecular flexibility index (Phi) is 4.91. The molecule has 0 aromatic carbocycles. The van der Waals surface area contributed by atoms with Crippen molar-refractivity contribution in [2.45, 2.75) is 67.7 Å². The van der Waals surface area contributed by atoms with E-state index in [2.05, 4.69) is 54.5 Å². The first-order valence-corrected chi connectivity index (χ1v) is 5.84. The molecule has 0 N–H and O–H groups in total. The Balaban J connectivity index is 4.34. The molecule has 0 bridgehead atoms. The van der Waals surface area contributed by atoms with Gasteiger partial charge in [0.15, 0.2) is 0 Å². The second kappa shape index (κ2) is 5.00. The molecular formula is C14H28. The Morgan fingerprint density at radius 3 is 1.86 bits per heavy atom. The minimum Gasteiger partial charge on any atom is -0.0884 e. The molecule has 84 valence electrons. The summed E-state index contributed by atoms with van der Waals surface area (Å²) < 4.78 is 0. The minimum atomic E-state index is 0.441. The molecule has 0 saturated heterocycles. The third kappa shape index (κ3) is 6.23. The largest absolute Gasteiger partial charge is 0.0884 e. The Morgan fingerprint density at radius 1 is 1.07 bits per heavy atom. The zero-order valence-electron chi connectivity index (χ0n) is 11.2. The van der Waals surface area contributed by atoms with Crippen LogP contribution < -0.4 is 0 Å². The van der Waals surface area contributed by atoms with Crippen LogP contribution in [-0.2, 0) is 0 Å². The van der Waals surface area contributed by atoms with Crippen molar-refractivity contribution in [2.24, 2.45) is 10.8 Å². The van der Waals surface area contributed by atoms with Gasteiger partial charge in [0.25, 0.3) is 0 Å². The van der Waals surface area contributed by atoms with Crippen molar-refractivity contribution in [3.8, 4) is 0 Å². The zero-order chi connectivity index (χ0) is 11.4. The van der Waals surface area contributed by atoms with Crippen LogP contribution in [0, 0.1) is 10.8 Å². The van der Waals surface area contributed by atoms with Crippen molar-refractivity contribution in [1.29, 1.82) is 0 Å². The molecule has 0 saturated carbocycles. The van der Waals surface area contributed by atoms with Gasteiger partial charge in [-0.1, -0.05) is 53.2 Å². The van der Waals surface area contributed by atoms with Gasteiger partial charge in [0.2, 0.25) is 0 Å². The first-order chi connectivity index (χ1) is 6.20. The van der Waals surface area contributed by atoms with E-state index in [4.69, 9.17) is 0 Å². The SMILES string of the molecule is C/C=C(\CC)CC(C)(C)CC(C)(C)C. The third-order valence-corrected chi connectivity index (χ3v) is 2.58. The van der Waals surface area contributed by atoms with Gasteiger partial charge >= 0.3 is 0 Å². The summed E-state index contributed by atoms with van der Waals surface area (Å²) in [5.74, 6) is 0. The van der Waals surface area contributed by atoms with E-state index in [9.17, 15) is 0 Å². The van der Waals surface area contributed by atoms with E-state index in [1.807, 2.05) is 0 Å². The second-order valence-corrected chi connectivity index (χ2v) is 6.38. The van der Waals surface area contributed by atoms with E-state index in [0.717, 1.165) is 0 Å². The molecule has 14 heavy (non-hydrogen) atoms. The minimum absolute atomic E-state index is 0.441. The molecule has 0 atom stereocenters. The maximum Gasteiger partial charge on any atom is -0.0269 e. The standard InChI is InChI=1S/C14H28/c1-8-12(9-2)10-14(6,7)11-13(3,4)5/h8H,9-11H2,1-7H3/b12-8+. The molecule has 0 amide bonds. The van der Waals surface area contributed by atoms with Crippen LogP contribution in [0.4, 0.5) is 0 Å². The predicted octanol–water partition coefficient (Wildman–Crippen LogP) is 5.20. The highest BCUT2D eigenvalue weighted by molar-refractivity contribution is 5.03. The van der Waals surface area contributed by atoms with Crippen LogP contribution in [0.2, 0.25) is 0 Å². The van der Waals surface area contributed by atoms with E-state index in [-0.39, 0.29) is 0 Å². The van der Waals surface area contributed by atoms with Crippen LogP contribution in [-0.4, -0.2) is 0 Å². The van der Waals surface area contributed by atoms with Gasteiger partial charge in [0.05, 0.1) is 0 Å². The van der Waals surface area contributed by atoms with Crippen molar-refractivity contribution in [3.63, 3.8) is 0 Å². The van der Waals surface area contributed by atoms with E-state index >= 15 is 0 Å². The highest BCUT2D eigenvalue weighted by atomic mass is 14.3. The van der Waals surface area contributed by atoms with Gasteiger partial charge in [-0.05, 0) is 37.0 Å². The molecule has 0 unspecified atom stereocenters. The molecule has 0 heterocycles. The van der Waals surface area contributed by atoms with Gasteiger partial charge in [-0.3, -0.25) is 0 Å². The van der Waals surface area contributed by atoms with Crippen molar-refractivity contribution < 1.29 is 0 Å². The van der Waals surface area contributed by atoms with Crippen LogP contribution >= 0.6 is 0 Å². The summed E-state index contributed by atoms with van der Waals surface area (Å²) >= 11 is 0. The molecule has 0 aromatic rings. The highest BCUT2D eigenvalue weighted by Crippen LogP contribution is 2.38. The number of hydrogen-bond donors (Lipinski definition) is 0. The summed E-state index contributed by atoms with van der Waals surface area (Å²) in [5.41, 5.74) is 2.48. The highest BCUT2D eigenvalue weighted by Gasteiger charge is 2.25. The van der Waals surface area contributed by atoms with Crippen LogP contribution in [0.5, 0.6) is 0 Å². The Bertz CT molecular complexity index is 189. The first-order valence-electron chi connectivity index (χ1n) is 5.84. The van der Waals surface area contributed by atoms with Crippen molar-refractivity contribution in [1.82, 2.24) is 0 Å². The van der Waals surface area contributed by atoms with Crippen molar-refractivity contribution in [2.75, 3.05) is 0 Å². The number of rotatable bonds is 4. The Labute approximate surface area is 90.8 Å². The monoisotopic (exact) mass is 196 g/mol. The summed E-state index contributed by atoms with van der Waals surface area (Å²) in [5, 5.41) is 0. The summed E-state index contributed by atoms with van der Waals surface area (Å²) in [6.45, 7) is 16.2. The Morgan fingerprint density at radius 2 is 1.57 bits per heavy atom. The lowest BCUT2D eigenvalue weighted by molar-refractivity contribution is 0.210. The molecule has 0 aliphatic carbocycles. The molecule has 0 nitrogen and oxygen atoms in total. The lowest BCUT2D eigenvalue weighted by Gasteiger charge is -2.33. The smallest absolute Gasteiger partial charge is 0.0269 e. The van der Waals surface area contributed by atoms with Gasteiger partial charge in [0, 0.05) is 0 Å². The maximum absolute atomic E-state index is 2.39. The van der Waals surface area contributed by atoms with Crippen LogP contribution in [0.25, 0.3) is 0 Å². The van der Waals surface area contributed by atoms with Crippen molar-refractivity contribution in [3.05, 3.63) is 11.6 Å². The quantitative estimate of drug-likeness (QED) is 0.542. The second-order valence-electron chi connectivity index (χ2n) is 6.38. The molecule has 0 aliphatic rings. The van der Waals surface area contributed by atoms with Gasteiger partial charge in [-0.15, -0.1) is 0 Å². The average molecular weight is 196 g/mol. The summed E-state index contributed by atoms with van der Waals surface area (Å²) in [6, 6.07) is 0. The van der Waals surface area contributed by atoms with E-state index in [0.29, 0.717) is 10.8 Å². The summed E-state index contributed by atoms with van der Waals surface area (Å²) in [6.07, 6.45) is 6.02. The topological polar surface area (TPSA) is 0 Å². The average Bonchev–Trinajstić information content (AvgIpc) is 1.95. The first kappa shape index (κ1) is 13.7. The molecular weight excluding hydrogens is 168 g/mol. The maximum atomic E-state index is 2.39. The van der Waals surface area contributed by atoms with Crippen LogP contribution in [0.15, 0.2) is 11.6 Å². The van der Waals surface area contributed by atoms with Gasteiger partial charge < -0.3 is 0 Å². The van der Waals surface area contributed by atoms with E-state index in [1.165, 1.54) is 19.3 Å². The van der Waals surface area contributed by atoms with Crippen molar-refractivity contribution >= 4 is 0 Å². The molecule has 0 radical (unpaired) electrons. The van der Waals surface area contributed by atoms with Gasteiger partial charge in [0.1, 0.15) is 0 Å². The molecule has 0 aliphatic heterocycles. The number of allylic oxidation sites excluding steroid dienone is 2. The lowest BCUT2D eigenvalue weighted by atomic mass is 9.73. The third-order valence-electron chi connectivity index (χ3n) is 2.58. The molecule has 0 fully saturated rings. The normalized spacial score (nSPS) is 14.6. The van der Waals surface area contributed by atoms with E-state index < -0.39 is 0 Å².